The van der Waals surface area contributed by atoms with Crippen LogP contribution in [0, 0.1) is 16.7 Å². The summed E-state index contributed by atoms with van der Waals surface area (Å²) in [5.41, 5.74) is -0.170. The summed E-state index contributed by atoms with van der Waals surface area (Å²) in [6.07, 6.45) is 3.06. The first-order valence-corrected chi connectivity index (χ1v) is 13.1. The molecule has 190 valence electrons. The minimum atomic E-state index is -0.688. The van der Waals surface area contributed by atoms with Crippen LogP contribution in [-0.4, -0.2) is 70.9 Å². The molecule has 2 fully saturated rings. The Morgan fingerprint density at radius 2 is 2.09 bits per heavy atom. The highest BCUT2D eigenvalue weighted by Gasteiger charge is 2.59. The maximum Gasteiger partial charge on any atom is 0.293 e. The van der Waals surface area contributed by atoms with Gasteiger partial charge in [-0.15, -0.1) is 11.3 Å². The number of aromatic nitrogens is 1. The fourth-order valence-electron chi connectivity index (χ4n) is 6.38. The van der Waals surface area contributed by atoms with E-state index in [1.54, 1.807) is 12.1 Å². The second kappa shape index (κ2) is 9.31. The third-order valence-corrected chi connectivity index (χ3v) is 9.61. The number of rotatable bonds is 5. The molecule has 0 aromatic carbocycles. The van der Waals surface area contributed by atoms with Gasteiger partial charge in [0.1, 0.15) is 0 Å². The molecular weight excluding hydrogens is 470 g/mol. The molecule has 3 unspecified atom stereocenters. The van der Waals surface area contributed by atoms with Crippen LogP contribution in [0.25, 0.3) is 0 Å². The van der Waals surface area contributed by atoms with Crippen LogP contribution in [0.15, 0.2) is 22.8 Å². The second-order valence-electron chi connectivity index (χ2n) is 10.5. The number of aliphatic hydroxyl groups is 2. The fourth-order valence-corrected chi connectivity index (χ4v) is 7.45. The summed E-state index contributed by atoms with van der Waals surface area (Å²) in [4.78, 5) is 33.7. The zero-order valence-electron chi connectivity index (χ0n) is 20.2. The van der Waals surface area contributed by atoms with Gasteiger partial charge in [-0.1, -0.05) is 13.8 Å². The Morgan fingerprint density at radius 3 is 2.77 bits per heavy atom. The van der Waals surface area contributed by atoms with E-state index in [2.05, 4.69) is 12.2 Å². The van der Waals surface area contributed by atoms with Gasteiger partial charge in [0.05, 0.1) is 37.9 Å². The lowest BCUT2D eigenvalue weighted by Crippen LogP contribution is -2.58. The van der Waals surface area contributed by atoms with Crippen LogP contribution in [0.4, 0.5) is 5.13 Å². The normalized spacial score (nSPS) is 32.6. The van der Waals surface area contributed by atoms with Crippen LogP contribution < -0.4 is 5.32 Å². The zero-order valence-corrected chi connectivity index (χ0v) is 21.0. The average Bonchev–Trinajstić information content (AvgIpc) is 3.53. The minimum absolute atomic E-state index is 0.0344. The smallest absolute Gasteiger partial charge is 0.293 e. The molecule has 2 aromatic heterocycles. The molecule has 3 heterocycles. The summed E-state index contributed by atoms with van der Waals surface area (Å²) in [5.74, 6) is -0.324. The molecule has 1 saturated carbocycles. The topological polar surface area (TPSA) is 125 Å². The van der Waals surface area contributed by atoms with Crippen molar-refractivity contribution in [3.63, 3.8) is 0 Å². The van der Waals surface area contributed by atoms with E-state index in [-0.39, 0.29) is 41.4 Å². The SMILES string of the molecule is C[C@@]12CCC(O)[C@@](C)(CO)C1Cc1sc(NC(=O)c3ccco3)nc1C2CC(=O)N1CCOCC1. The van der Waals surface area contributed by atoms with Crippen molar-refractivity contribution in [3.8, 4) is 0 Å². The Hall–Kier alpha value is -2.27. The van der Waals surface area contributed by atoms with Crippen LogP contribution in [0.5, 0.6) is 0 Å². The van der Waals surface area contributed by atoms with Crippen molar-refractivity contribution in [1.29, 1.82) is 0 Å². The highest BCUT2D eigenvalue weighted by molar-refractivity contribution is 7.15. The van der Waals surface area contributed by atoms with E-state index >= 15 is 0 Å². The van der Waals surface area contributed by atoms with Gasteiger partial charge in [0, 0.05) is 35.7 Å². The predicted molar refractivity (Wildman–Crippen MR) is 129 cm³/mol. The van der Waals surface area contributed by atoms with Crippen molar-refractivity contribution in [3.05, 3.63) is 34.7 Å². The van der Waals surface area contributed by atoms with Crippen LogP contribution in [-0.2, 0) is 16.0 Å². The van der Waals surface area contributed by atoms with Gasteiger partial charge in [-0.2, -0.15) is 0 Å². The summed E-state index contributed by atoms with van der Waals surface area (Å²) >= 11 is 1.40. The summed E-state index contributed by atoms with van der Waals surface area (Å²) in [7, 11) is 0. The molecule has 5 rings (SSSR count). The van der Waals surface area contributed by atoms with Crippen molar-refractivity contribution in [2.75, 3.05) is 38.2 Å². The first-order chi connectivity index (χ1) is 16.8. The molecule has 5 atom stereocenters. The number of anilines is 1. The Kier molecular flexibility index (Phi) is 6.50. The number of fused-ring (bicyclic) bond motifs is 2. The van der Waals surface area contributed by atoms with E-state index in [4.69, 9.17) is 14.1 Å². The molecule has 3 N–H and O–H groups in total. The highest BCUT2D eigenvalue weighted by atomic mass is 32.1. The summed E-state index contributed by atoms with van der Waals surface area (Å²) in [6.45, 7) is 6.23. The molecule has 0 spiro atoms. The van der Waals surface area contributed by atoms with Gasteiger partial charge >= 0.3 is 0 Å². The zero-order chi connectivity index (χ0) is 24.8. The number of carbonyl (C=O) groups excluding carboxylic acids is 2. The van der Waals surface area contributed by atoms with Crippen molar-refractivity contribution < 1.29 is 29.0 Å². The quantitative estimate of drug-likeness (QED) is 0.573. The number of amides is 2. The van der Waals surface area contributed by atoms with E-state index in [0.717, 1.165) is 17.0 Å². The van der Waals surface area contributed by atoms with Gasteiger partial charge in [0.15, 0.2) is 10.9 Å². The molecule has 2 amide bonds. The van der Waals surface area contributed by atoms with Crippen LogP contribution in [0.3, 0.4) is 0 Å². The summed E-state index contributed by atoms with van der Waals surface area (Å²) in [6, 6.07) is 3.25. The predicted octanol–water partition coefficient (Wildman–Crippen LogP) is 2.65. The number of nitrogens with one attached hydrogen (secondary N) is 1. The standard InChI is InChI=1S/C25H33N3O6S/c1-24-6-5-19(30)25(2,14-29)18(24)13-17-21(15(24)12-20(31)28-7-10-33-11-8-28)26-23(35-17)27-22(32)16-4-3-9-34-16/h3-4,9,15,18-19,29-30H,5-8,10-14H2,1-2H3,(H,26,27,32)/t15?,18?,19?,24-,25-/m0/s1. The van der Waals surface area contributed by atoms with Crippen molar-refractivity contribution in [1.82, 2.24) is 9.88 Å². The van der Waals surface area contributed by atoms with Crippen LogP contribution in [0.2, 0.25) is 0 Å². The molecule has 2 aromatic rings. The van der Waals surface area contributed by atoms with E-state index in [1.807, 2.05) is 11.8 Å². The lowest BCUT2D eigenvalue weighted by atomic mass is 9.47. The number of thiazole rings is 1. The van der Waals surface area contributed by atoms with Gasteiger partial charge in [-0.3, -0.25) is 14.9 Å². The molecule has 35 heavy (non-hydrogen) atoms. The Morgan fingerprint density at radius 1 is 1.31 bits per heavy atom. The molecule has 1 aliphatic heterocycles. The van der Waals surface area contributed by atoms with Gasteiger partial charge in [-0.25, -0.2) is 4.98 Å². The number of carbonyl (C=O) groups is 2. The third-order valence-electron chi connectivity index (χ3n) is 8.60. The van der Waals surface area contributed by atoms with Crippen LogP contribution >= 0.6 is 11.3 Å². The molecule has 3 aliphatic rings. The number of morpholine rings is 1. The Bertz CT molecular complexity index is 1080. The van der Waals surface area contributed by atoms with Crippen molar-refractivity contribution >= 4 is 28.3 Å². The number of furan rings is 1. The molecule has 9 nitrogen and oxygen atoms in total. The number of hydrogen-bond donors (Lipinski definition) is 3. The summed E-state index contributed by atoms with van der Waals surface area (Å²) < 4.78 is 10.6. The fraction of sp³-hybridized carbons (Fsp3) is 0.640. The van der Waals surface area contributed by atoms with Gasteiger partial charge in [-0.05, 0) is 42.7 Å². The molecule has 0 radical (unpaired) electrons. The number of aliphatic hydroxyl groups excluding tert-OH is 2. The van der Waals surface area contributed by atoms with E-state index in [0.29, 0.717) is 50.7 Å². The van der Waals surface area contributed by atoms with Crippen molar-refractivity contribution in [2.24, 2.45) is 16.7 Å². The molecule has 2 aliphatic carbocycles. The maximum absolute atomic E-state index is 13.4. The van der Waals surface area contributed by atoms with Gasteiger partial charge in [0.2, 0.25) is 5.91 Å². The highest BCUT2D eigenvalue weighted by Crippen LogP contribution is 2.62. The van der Waals surface area contributed by atoms with Crippen LogP contribution in [0.1, 0.15) is 60.2 Å². The monoisotopic (exact) mass is 503 g/mol. The Labute approximate surface area is 208 Å². The summed E-state index contributed by atoms with van der Waals surface area (Å²) in [5, 5.41) is 24.6. The first-order valence-electron chi connectivity index (χ1n) is 12.2. The minimum Gasteiger partial charge on any atom is -0.459 e. The number of nitrogens with zero attached hydrogens (tertiary/aromatic N) is 2. The molecular formula is C25H33N3O6S. The van der Waals surface area contributed by atoms with Gasteiger partial charge < -0.3 is 24.3 Å². The lowest BCUT2D eigenvalue weighted by molar-refractivity contribution is -0.149. The largest absolute Gasteiger partial charge is 0.459 e. The Balaban J connectivity index is 1.50. The lowest BCUT2D eigenvalue weighted by Gasteiger charge is -2.58. The number of ether oxygens (including phenoxy) is 1. The third kappa shape index (κ3) is 4.20. The second-order valence-corrected chi connectivity index (χ2v) is 11.6. The van der Waals surface area contributed by atoms with E-state index < -0.39 is 11.5 Å². The number of hydrogen-bond acceptors (Lipinski definition) is 8. The van der Waals surface area contributed by atoms with Gasteiger partial charge in [0.25, 0.3) is 5.91 Å². The van der Waals surface area contributed by atoms with E-state index in [1.165, 1.54) is 17.6 Å². The van der Waals surface area contributed by atoms with E-state index in [9.17, 15) is 19.8 Å². The maximum atomic E-state index is 13.4. The average molecular weight is 504 g/mol. The van der Waals surface area contributed by atoms with Crippen molar-refractivity contribution in [2.45, 2.75) is 51.6 Å². The molecule has 1 saturated heterocycles. The molecule has 10 heteroatoms. The first kappa shape index (κ1) is 24.4. The molecule has 0 bridgehead atoms.